The zero-order valence-electron chi connectivity index (χ0n) is 11.7. The van der Waals surface area contributed by atoms with Gasteiger partial charge in [0.25, 0.3) is 0 Å². The average Bonchev–Trinajstić information content (AvgIpc) is 2.35. The summed E-state index contributed by atoms with van der Waals surface area (Å²) in [4.78, 5) is 11.9. The van der Waals surface area contributed by atoms with Crippen molar-refractivity contribution in [2.24, 2.45) is 5.92 Å². The molecule has 1 atom stereocenters. The Morgan fingerprint density at radius 3 is 2.47 bits per heavy atom. The van der Waals surface area contributed by atoms with Crippen molar-refractivity contribution >= 4 is 5.91 Å². The van der Waals surface area contributed by atoms with E-state index in [-0.39, 0.29) is 17.9 Å². The second-order valence-electron chi connectivity index (χ2n) is 4.97. The standard InChI is InChI=1S/C15H21NO3/c1-10(16-15(17)11-5-4-6-11)12-7-8-13(18-2)14(9-12)19-3/h7-11H,4-6H2,1-3H3,(H,16,17)/t10-/m1/s1. The van der Waals surface area contributed by atoms with Crippen molar-refractivity contribution in [3.8, 4) is 11.5 Å². The summed E-state index contributed by atoms with van der Waals surface area (Å²) in [6.45, 7) is 1.98. The van der Waals surface area contributed by atoms with Crippen LogP contribution in [0.25, 0.3) is 0 Å². The summed E-state index contributed by atoms with van der Waals surface area (Å²) in [5, 5.41) is 3.05. The molecule has 1 fully saturated rings. The molecule has 19 heavy (non-hydrogen) atoms. The third kappa shape index (κ3) is 3.00. The van der Waals surface area contributed by atoms with Crippen molar-refractivity contribution < 1.29 is 14.3 Å². The van der Waals surface area contributed by atoms with Gasteiger partial charge >= 0.3 is 0 Å². The van der Waals surface area contributed by atoms with E-state index in [1.165, 1.54) is 6.42 Å². The molecule has 0 aromatic heterocycles. The van der Waals surface area contributed by atoms with Crippen molar-refractivity contribution in [3.05, 3.63) is 23.8 Å². The highest BCUT2D eigenvalue weighted by Gasteiger charge is 2.26. The maximum Gasteiger partial charge on any atom is 0.223 e. The maximum absolute atomic E-state index is 11.9. The molecule has 0 saturated heterocycles. The average molecular weight is 263 g/mol. The van der Waals surface area contributed by atoms with Crippen LogP contribution in [0.2, 0.25) is 0 Å². The number of amides is 1. The Hall–Kier alpha value is -1.71. The number of methoxy groups -OCH3 is 2. The van der Waals surface area contributed by atoms with Crippen LogP contribution in [0, 0.1) is 5.92 Å². The highest BCUT2D eigenvalue weighted by molar-refractivity contribution is 5.79. The van der Waals surface area contributed by atoms with Gasteiger partial charge in [0.1, 0.15) is 0 Å². The van der Waals surface area contributed by atoms with E-state index in [4.69, 9.17) is 9.47 Å². The zero-order chi connectivity index (χ0) is 13.8. The molecule has 1 aliphatic rings. The first-order valence-corrected chi connectivity index (χ1v) is 6.68. The second-order valence-corrected chi connectivity index (χ2v) is 4.97. The van der Waals surface area contributed by atoms with Crippen LogP contribution in [0.3, 0.4) is 0 Å². The molecule has 0 aliphatic heterocycles. The van der Waals surface area contributed by atoms with Gasteiger partial charge in [-0.2, -0.15) is 0 Å². The fraction of sp³-hybridized carbons (Fsp3) is 0.533. The molecule has 104 valence electrons. The van der Waals surface area contributed by atoms with Crippen molar-refractivity contribution in [3.63, 3.8) is 0 Å². The van der Waals surface area contributed by atoms with E-state index in [1.54, 1.807) is 14.2 Å². The summed E-state index contributed by atoms with van der Waals surface area (Å²) in [6, 6.07) is 5.70. The van der Waals surface area contributed by atoms with E-state index in [0.29, 0.717) is 11.5 Å². The Morgan fingerprint density at radius 1 is 1.26 bits per heavy atom. The van der Waals surface area contributed by atoms with Gasteiger partial charge in [0.2, 0.25) is 5.91 Å². The number of benzene rings is 1. The monoisotopic (exact) mass is 263 g/mol. The van der Waals surface area contributed by atoms with Crippen molar-refractivity contribution in [1.82, 2.24) is 5.32 Å². The molecule has 0 spiro atoms. The summed E-state index contributed by atoms with van der Waals surface area (Å²) < 4.78 is 10.5. The van der Waals surface area contributed by atoms with Crippen LogP contribution in [0.4, 0.5) is 0 Å². The van der Waals surface area contributed by atoms with Gasteiger partial charge in [0.15, 0.2) is 11.5 Å². The molecule has 0 bridgehead atoms. The summed E-state index contributed by atoms with van der Waals surface area (Å²) in [5.41, 5.74) is 1.02. The van der Waals surface area contributed by atoms with Crippen molar-refractivity contribution in [2.75, 3.05) is 14.2 Å². The highest BCUT2D eigenvalue weighted by atomic mass is 16.5. The van der Waals surface area contributed by atoms with Crippen molar-refractivity contribution in [1.29, 1.82) is 0 Å². The molecule has 2 rings (SSSR count). The molecule has 4 heteroatoms. The zero-order valence-corrected chi connectivity index (χ0v) is 11.7. The first kappa shape index (κ1) is 13.7. The predicted molar refractivity (Wildman–Crippen MR) is 73.4 cm³/mol. The molecule has 0 radical (unpaired) electrons. The van der Waals surface area contributed by atoms with Crippen LogP contribution in [-0.2, 0) is 4.79 Å². The van der Waals surface area contributed by atoms with Crippen LogP contribution in [0.1, 0.15) is 37.8 Å². The van der Waals surface area contributed by atoms with Gasteiger partial charge in [-0.15, -0.1) is 0 Å². The minimum absolute atomic E-state index is 0.0205. The van der Waals surface area contributed by atoms with E-state index in [2.05, 4.69) is 5.32 Å². The van der Waals surface area contributed by atoms with E-state index < -0.39 is 0 Å². The van der Waals surface area contributed by atoms with Crippen molar-refractivity contribution in [2.45, 2.75) is 32.2 Å². The van der Waals surface area contributed by atoms with Crippen LogP contribution in [-0.4, -0.2) is 20.1 Å². The number of hydrogen-bond acceptors (Lipinski definition) is 3. The predicted octanol–water partition coefficient (Wildman–Crippen LogP) is 2.68. The van der Waals surface area contributed by atoms with Gasteiger partial charge in [-0.1, -0.05) is 12.5 Å². The number of nitrogens with one attached hydrogen (secondary N) is 1. The Bertz CT molecular complexity index is 455. The summed E-state index contributed by atoms with van der Waals surface area (Å²) in [6.07, 6.45) is 3.21. The Balaban J connectivity index is 2.05. The largest absolute Gasteiger partial charge is 0.493 e. The molecule has 1 N–H and O–H groups in total. The highest BCUT2D eigenvalue weighted by Crippen LogP contribution is 2.31. The molecule has 1 aromatic carbocycles. The third-order valence-electron chi connectivity index (χ3n) is 3.74. The fourth-order valence-electron chi connectivity index (χ4n) is 2.21. The summed E-state index contributed by atoms with van der Waals surface area (Å²) in [7, 11) is 3.22. The van der Waals surface area contributed by atoms with Crippen LogP contribution >= 0.6 is 0 Å². The number of carbonyl (C=O) groups is 1. The molecule has 1 saturated carbocycles. The molecule has 1 amide bonds. The molecular formula is C15H21NO3. The Labute approximate surface area is 114 Å². The summed E-state index contributed by atoms with van der Waals surface area (Å²) >= 11 is 0. The smallest absolute Gasteiger partial charge is 0.223 e. The number of rotatable bonds is 5. The SMILES string of the molecule is COc1ccc([C@@H](C)NC(=O)C2CCC2)cc1OC. The van der Waals surface area contributed by atoms with Gasteiger partial charge < -0.3 is 14.8 Å². The van der Waals surface area contributed by atoms with Gasteiger partial charge in [0, 0.05) is 5.92 Å². The lowest BCUT2D eigenvalue weighted by Crippen LogP contribution is -2.35. The normalized spacial score (nSPS) is 16.4. The first-order chi connectivity index (χ1) is 9.15. The maximum atomic E-state index is 11.9. The lowest BCUT2D eigenvalue weighted by atomic mass is 9.84. The van der Waals surface area contributed by atoms with Gasteiger partial charge in [-0.3, -0.25) is 4.79 Å². The van der Waals surface area contributed by atoms with E-state index in [9.17, 15) is 4.79 Å². The second kappa shape index (κ2) is 5.95. The molecule has 4 nitrogen and oxygen atoms in total. The first-order valence-electron chi connectivity index (χ1n) is 6.68. The van der Waals surface area contributed by atoms with Crippen LogP contribution in [0.5, 0.6) is 11.5 Å². The van der Waals surface area contributed by atoms with E-state index in [0.717, 1.165) is 18.4 Å². The van der Waals surface area contributed by atoms with Gasteiger partial charge in [-0.05, 0) is 37.5 Å². The Morgan fingerprint density at radius 2 is 1.95 bits per heavy atom. The minimum Gasteiger partial charge on any atom is -0.493 e. The molecule has 1 aromatic rings. The van der Waals surface area contributed by atoms with Gasteiger partial charge in [0.05, 0.1) is 20.3 Å². The lowest BCUT2D eigenvalue weighted by Gasteiger charge is -2.26. The number of ether oxygens (including phenoxy) is 2. The number of hydrogen-bond donors (Lipinski definition) is 1. The fourth-order valence-corrected chi connectivity index (χ4v) is 2.21. The number of carbonyl (C=O) groups excluding carboxylic acids is 1. The molecule has 0 unspecified atom stereocenters. The van der Waals surface area contributed by atoms with Crippen LogP contribution in [0.15, 0.2) is 18.2 Å². The minimum atomic E-state index is -0.0205. The Kier molecular flexibility index (Phi) is 4.30. The molecule has 1 aliphatic carbocycles. The topological polar surface area (TPSA) is 47.6 Å². The lowest BCUT2D eigenvalue weighted by molar-refractivity contribution is -0.128. The van der Waals surface area contributed by atoms with Crippen LogP contribution < -0.4 is 14.8 Å². The third-order valence-corrected chi connectivity index (χ3v) is 3.74. The quantitative estimate of drug-likeness (QED) is 0.888. The molecular weight excluding hydrogens is 242 g/mol. The van der Waals surface area contributed by atoms with E-state index in [1.807, 2.05) is 25.1 Å². The van der Waals surface area contributed by atoms with E-state index >= 15 is 0 Å². The molecule has 0 heterocycles. The summed E-state index contributed by atoms with van der Waals surface area (Å²) in [5.74, 6) is 1.75. The van der Waals surface area contributed by atoms with Gasteiger partial charge in [-0.25, -0.2) is 0 Å².